The number of carbonyl (C=O) groups excluding carboxylic acids is 3. The summed E-state index contributed by atoms with van der Waals surface area (Å²) in [7, 11) is 0. The first-order chi connectivity index (χ1) is 7.43. The highest BCUT2D eigenvalue weighted by atomic mass is 16.3. The molecule has 0 saturated heterocycles. The van der Waals surface area contributed by atoms with Crippen molar-refractivity contribution in [3.63, 3.8) is 0 Å². The minimum Gasteiger partial charge on any atom is -0.506 e. The van der Waals surface area contributed by atoms with Gasteiger partial charge in [0.05, 0.1) is 17.5 Å². The number of amides is 1. The van der Waals surface area contributed by atoms with Crippen LogP contribution in [0.3, 0.4) is 0 Å². The summed E-state index contributed by atoms with van der Waals surface area (Å²) in [6.07, 6.45) is -0.310. The van der Waals surface area contributed by atoms with Crippen LogP contribution in [0.25, 0.3) is 0 Å². The molecule has 0 saturated carbocycles. The minimum absolute atomic E-state index is 0.0634. The molecule has 0 heterocycles. The molecule has 1 rings (SSSR count). The summed E-state index contributed by atoms with van der Waals surface area (Å²) in [5.41, 5.74) is 4.81. The number of Topliss-reactive ketones (excluding diaryl/α,β-unsaturated/α-hetero) is 2. The van der Waals surface area contributed by atoms with Crippen molar-refractivity contribution in [3.8, 4) is 5.75 Å². The van der Waals surface area contributed by atoms with Crippen LogP contribution in [0.1, 0.15) is 34.1 Å². The van der Waals surface area contributed by atoms with Crippen molar-refractivity contribution < 1.29 is 19.5 Å². The molecule has 0 aliphatic carbocycles. The van der Waals surface area contributed by atoms with Crippen LogP contribution in [0, 0.1) is 0 Å². The van der Waals surface area contributed by atoms with Crippen molar-refractivity contribution >= 4 is 17.5 Å². The average Bonchev–Trinajstić information content (AvgIpc) is 2.16. The van der Waals surface area contributed by atoms with Gasteiger partial charge in [-0.05, 0) is 19.1 Å². The van der Waals surface area contributed by atoms with Crippen molar-refractivity contribution in [1.82, 2.24) is 0 Å². The van der Waals surface area contributed by atoms with Gasteiger partial charge < -0.3 is 10.8 Å². The molecule has 1 aromatic carbocycles. The molecule has 1 aromatic rings. The van der Waals surface area contributed by atoms with E-state index in [2.05, 4.69) is 0 Å². The van der Waals surface area contributed by atoms with E-state index in [0.717, 1.165) is 0 Å². The largest absolute Gasteiger partial charge is 0.506 e. The Morgan fingerprint density at radius 3 is 2.31 bits per heavy atom. The predicted octanol–water partition coefficient (Wildman–Crippen LogP) is 0.653. The van der Waals surface area contributed by atoms with E-state index in [1.807, 2.05) is 0 Å². The van der Waals surface area contributed by atoms with Crippen molar-refractivity contribution in [2.75, 3.05) is 0 Å². The summed E-state index contributed by atoms with van der Waals surface area (Å²) in [5.74, 6) is -2.14. The molecule has 5 heteroatoms. The standard InChI is InChI=1S/C11H11NO4/c1-6(13)5-9(14)7-3-2-4-8(10(7)15)11(12)16/h2-4,15H,5H2,1H3,(H2,12,16). The number of phenols is 1. The maximum atomic E-state index is 11.5. The van der Waals surface area contributed by atoms with Crippen LogP contribution >= 0.6 is 0 Å². The summed E-state index contributed by atoms with van der Waals surface area (Å²) in [6.45, 7) is 1.27. The quantitative estimate of drug-likeness (QED) is 0.576. The molecule has 0 radical (unpaired) electrons. The average molecular weight is 221 g/mol. The Bertz CT molecular complexity index is 465. The van der Waals surface area contributed by atoms with Crippen molar-refractivity contribution in [2.45, 2.75) is 13.3 Å². The predicted molar refractivity (Wildman–Crippen MR) is 56.3 cm³/mol. The molecule has 16 heavy (non-hydrogen) atoms. The molecule has 5 nitrogen and oxygen atoms in total. The number of hydrogen-bond acceptors (Lipinski definition) is 4. The van der Waals surface area contributed by atoms with E-state index in [4.69, 9.17) is 5.73 Å². The van der Waals surface area contributed by atoms with Crippen molar-refractivity contribution in [2.24, 2.45) is 5.73 Å². The Kier molecular flexibility index (Phi) is 3.40. The number of nitrogens with two attached hydrogens (primary N) is 1. The van der Waals surface area contributed by atoms with Crippen LogP contribution in [-0.2, 0) is 4.79 Å². The van der Waals surface area contributed by atoms with E-state index < -0.39 is 17.4 Å². The van der Waals surface area contributed by atoms with Gasteiger partial charge in [-0.15, -0.1) is 0 Å². The number of hydrogen-bond donors (Lipinski definition) is 2. The Hall–Kier alpha value is -2.17. The lowest BCUT2D eigenvalue weighted by atomic mass is 10.0. The summed E-state index contributed by atoms with van der Waals surface area (Å²) in [5, 5.41) is 9.61. The summed E-state index contributed by atoms with van der Waals surface area (Å²) >= 11 is 0. The third-order valence-corrected chi connectivity index (χ3v) is 2.01. The molecule has 0 aliphatic rings. The summed E-state index contributed by atoms with van der Waals surface area (Å²) in [6, 6.07) is 4.07. The molecule has 3 N–H and O–H groups in total. The fourth-order valence-corrected chi connectivity index (χ4v) is 1.29. The number of benzene rings is 1. The topological polar surface area (TPSA) is 97.5 Å². The number of aromatic hydroxyl groups is 1. The highest BCUT2D eigenvalue weighted by Crippen LogP contribution is 2.23. The third-order valence-electron chi connectivity index (χ3n) is 2.01. The number of primary amides is 1. The SMILES string of the molecule is CC(=O)CC(=O)c1cccc(C(N)=O)c1O. The number of carbonyl (C=O) groups is 3. The van der Waals surface area contributed by atoms with E-state index in [-0.39, 0.29) is 23.3 Å². The molecule has 0 aliphatic heterocycles. The Morgan fingerprint density at radius 2 is 1.81 bits per heavy atom. The van der Waals surface area contributed by atoms with E-state index in [1.54, 1.807) is 0 Å². The van der Waals surface area contributed by atoms with Gasteiger partial charge in [-0.3, -0.25) is 14.4 Å². The van der Waals surface area contributed by atoms with Gasteiger partial charge in [0.25, 0.3) is 5.91 Å². The number of rotatable bonds is 4. The van der Waals surface area contributed by atoms with Gasteiger partial charge in [0, 0.05) is 0 Å². The molecule has 0 bridgehead atoms. The van der Waals surface area contributed by atoms with Gasteiger partial charge in [0.1, 0.15) is 11.5 Å². The first-order valence-electron chi connectivity index (χ1n) is 4.58. The van der Waals surface area contributed by atoms with Crippen LogP contribution in [0.5, 0.6) is 5.75 Å². The molecule has 0 unspecified atom stereocenters. The van der Waals surface area contributed by atoms with Gasteiger partial charge >= 0.3 is 0 Å². The fraction of sp³-hybridized carbons (Fsp3) is 0.182. The van der Waals surface area contributed by atoms with E-state index in [9.17, 15) is 19.5 Å². The maximum Gasteiger partial charge on any atom is 0.252 e. The normalized spacial score (nSPS) is 9.81. The molecule has 0 atom stereocenters. The number of ketones is 2. The zero-order valence-electron chi connectivity index (χ0n) is 8.69. The van der Waals surface area contributed by atoms with Crippen LogP contribution in [0.2, 0.25) is 0 Å². The third kappa shape index (κ3) is 2.44. The van der Waals surface area contributed by atoms with Gasteiger partial charge in [0.2, 0.25) is 0 Å². The summed E-state index contributed by atoms with van der Waals surface area (Å²) in [4.78, 5) is 33.2. The van der Waals surface area contributed by atoms with Gasteiger partial charge in [0.15, 0.2) is 5.78 Å². The second-order valence-electron chi connectivity index (χ2n) is 3.37. The van der Waals surface area contributed by atoms with Crippen LogP contribution < -0.4 is 5.73 Å². The Balaban J connectivity index is 3.15. The lowest BCUT2D eigenvalue weighted by molar-refractivity contribution is -0.116. The second-order valence-corrected chi connectivity index (χ2v) is 3.37. The Morgan fingerprint density at radius 1 is 1.25 bits per heavy atom. The lowest BCUT2D eigenvalue weighted by Gasteiger charge is -2.05. The molecule has 0 fully saturated rings. The van der Waals surface area contributed by atoms with Gasteiger partial charge in [-0.1, -0.05) is 6.07 Å². The highest BCUT2D eigenvalue weighted by molar-refractivity contribution is 6.10. The maximum absolute atomic E-state index is 11.5. The fourth-order valence-electron chi connectivity index (χ4n) is 1.29. The van der Waals surface area contributed by atoms with Crippen LogP contribution in [0.15, 0.2) is 18.2 Å². The molecular weight excluding hydrogens is 210 g/mol. The zero-order valence-corrected chi connectivity index (χ0v) is 8.69. The smallest absolute Gasteiger partial charge is 0.252 e. The first kappa shape index (κ1) is 11.9. The minimum atomic E-state index is -0.824. The number of para-hydroxylation sites is 1. The monoisotopic (exact) mass is 221 g/mol. The van der Waals surface area contributed by atoms with Gasteiger partial charge in [-0.2, -0.15) is 0 Å². The van der Waals surface area contributed by atoms with Crippen molar-refractivity contribution in [1.29, 1.82) is 0 Å². The summed E-state index contributed by atoms with van der Waals surface area (Å²) < 4.78 is 0. The molecule has 0 spiro atoms. The van der Waals surface area contributed by atoms with Gasteiger partial charge in [-0.25, -0.2) is 0 Å². The van der Waals surface area contributed by atoms with E-state index in [0.29, 0.717) is 0 Å². The highest BCUT2D eigenvalue weighted by Gasteiger charge is 2.17. The van der Waals surface area contributed by atoms with Crippen LogP contribution in [0.4, 0.5) is 0 Å². The first-order valence-corrected chi connectivity index (χ1v) is 4.58. The molecule has 84 valence electrons. The van der Waals surface area contributed by atoms with E-state index in [1.165, 1.54) is 25.1 Å². The van der Waals surface area contributed by atoms with Crippen LogP contribution in [-0.4, -0.2) is 22.6 Å². The lowest BCUT2D eigenvalue weighted by Crippen LogP contribution is -2.13. The zero-order chi connectivity index (χ0) is 12.3. The molecule has 1 amide bonds. The Labute approximate surface area is 91.9 Å². The second kappa shape index (κ2) is 4.57. The molecule has 0 aromatic heterocycles. The van der Waals surface area contributed by atoms with Crippen molar-refractivity contribution in [3.05, 3.63) is 29.3 Å². The molecular formula is C11H11NO4. The van der Waals surface area contributed by atoms with E-state index >= 15 is 0 Å².